The predicted molar refractivity (Wildman–Crippen MR) is 43.8 cm³/mol. The van der Waals surface area contributed by atoms with Crippen LogP contribution in [0.4, 0.5) is 4.79 Å². The van der Waals surface area contributed by atoms with E-state index in [1.807, 2.05) is 0 Å². The number of rotatable bonds is 6. The zero-order valence-electron chi connectivity index (χ0n) is 6.89. The minimum atomic E-state index is -0.944. The fraction of sp³-hybridized carbons (Fsp3) is 0.857. The highest BCUT2D eigenvalue weighted by Crippen LogP contribution is 1.75. The third-order valence-electron chi connectivity index (χ3n) is 1.23. The van der Waals surface area contributed by atoms with Crippen molar-refractivity contribution in [1.82, 2.24) is 10.6 Å². The minimum Gasteiger partial charge on any atom is -0.465 e. The number of hydrogen-bond acceptors (Lipinski definition) is 2. The maximum Gasteiger partial charge on any atom is 0.404 e. The summed E-state index contributed by atoms with van der Waals surface area (Å²) in [4.78, 5) is 9.96. The Balaban J connectivity index is 2.85. The Morgan fingerprint density at radius 3 is 2.64 bits per heavy atom. The second-order valence-electron chi connectivity index (χ2n) is 2.34. The van der Waals surface area contributed by atoms with E-state index < -0.39 is 6.09 Å². The van der Waals surface area contributed by atoms with E-state index in [1.54, 1.807) is 0 Å². The summed E-state index contributed by atoms with van der Waals surface area (Å²) in [5, 5.41) is 13.7. The molecular formula is C7H16N2O2. The second-order valence-corrected chi connectivity index (χ2v) is 2.34. The summed E-state index contributed by atoms with van der Waals surface area (Å²) < 4.78 is 0. The van der Waals surface area contributed by atoms with Gasteiger partial charge < -0.3 is 15.7 Å². The van der Waals surface area contributed by atoms with Crippen molar-refractivity contribution in [1.29, 1.82) is 0 Å². The fourth-order valence-corrected chi connectivity index (χ4v) is 0.710. The summed E-state index contributed by atoms with van der Waals surface area (Å²) in [6, 6.07) is 0. The van der Waals surface area contributed by atoms with Crippen LogP contribution >= 0.6 is 0 Å². The first-order chi connectivity index (χ1) is 5.27. The van der Waals surface area contributed by atoms with Crippen LogP contribution in [0, 0.1) is 0 Å². The maximum absolute atomic E-state index is 9.96. The summed E-state index contributed by atoms with van der Waals surface area (Å²) in [5.41, 5.74) is 0. The first-order valence-electron chi connectivity index (χ1n) is 3.95. The SMILES string of the molecule is CCCNCCCNC(=O)O. The molecular weight excluding hydrogens is 144 g/mol. The Morgan fingerprint density at radius 1 is 1.36 bits per heavy atom. The van der Waals surface area contributed by atoms with Crippen molar-refractivity contribution in [2.75, 3.05) is 19.6 Å². The van der Waals surface area contributed by atoms with Gasteiger partial charge in [0.1, 0.15) is 0 Å². The van der Waals surface area contributed by atoms with Gasteiger partial charge in [0.05, 0.1) is 0 Å². The van der Waals surface area contributed by atoms with Crippen LogP contribution in [0.2, 0.25) is 0 Å². The zero-order chi connectivity index (χ0) is 8.53. The van der Waals surface area contributed by atoms with Crippen LogP contribution in [0.25, 0.3) is 0 Å². The molecule has 0 saturated heterocycles. The summed E-state index contributed by atoms with van der Waals surface area (Å²) in [7, 11) is 0. The number of carboxylic acid groups (broad SMARTS) is 1. The number of nitrogens with one attached hydrogen (secondary N) is 2. The third kappa shape index (κ3) is 9.23. The van der Waals surface area contributed by atoms with Crippen LogP contribution in [0.5, 0.6) is 0 Å². The molecule has 0 aliphatic rings. The van der Waals surface area contributed by atoms with Crippen LogP contribution in [0.15, 0.2) is 0 Å². The largest absolute Gasteiger partial charge is 0.465 e. The van der Waals surface area contributed by atoms with Gasteiger partial charge in [-0.1, -0.05) is 6.92 Å². The molecule has 0 aliphatic carbocycles. The van der Waals surface area contributed by atoms with Crippen molar-refractivity contribution in [2.24, 2.45) is 0 Å². The molecule has 0 aromatic carbocycles. The van der Waals surface area contributed by atoms with E-state index in [0.717, 1.165) is 25.9 Å². The van der Waals surface area contributed by atoms with E-state index in [9.17, 15) is 4.79 Å². The highest BCUT2D eigenvalue weighted by Gasteiger charge is 1.91. The maximum atomic E-state index is 9.96. The lowest BCUT2D eigenvalue weighted by molar-refractivity contribution is 0.194. The summed E-state index contributed by atoms with van der Waals surface area (Å²) >= 11 is 0. The van der Waals surface area contributed by atoms with Crippen LogP contribution in [0.1, 0.15) is 19.8 Å². The van der Waals surface area contributed by atoms with Crippen LogP contribution < -0.4 is 10.6 Å². The Labute approximate surface area is 67.0 Å². The van der Waals surface area contributed by atoms with Gasteiger partial charge in [-0.2, -0.15) is 0 Å². The average Bonchev–Trinajstić information content (AvgIpc) is 1.96. The highest BCUT2D eigenvalue weighted by molar-refractivity contribution is 5.64. The van der Waals surface area contributed by atoms with Gasteiger partial charge in [0, 0.05) is 6.54 Å². The van der Waals surface area contributed by atoms with Gasteiger partial charge in [0.25, 0.3) is 0 Å². The molecule has 4 nitrogen and oxygen atoms in total. The molecule has 4 heteroatoms. The number of hydrogen-bond donors (Lipinski definition) is 3. The Bertz CT molecular complexity index is 107. The molecule has 0 atom stereocenters. The van der Waals surface area contributed by atoms with E-state index >= 15 is 0 Å². The Hall–Kier alpha value is -0.770. The lowest BCUT2D eigenvalue weighted by Crippen LogP contribution is -2.25. The zero-order valence-corrected chi connectivity index (χ0v) is 6.89. The van der Waals surface area contributed by atoms with Crippen LogP contribution in [-0.2, 0) is 0 Å². The predicted octanol–water partition coefficient (Wildman–Crippen LogP) is 0.644. The topological polar surface area (TPSA) is 61.4 Å². The molecule has 0 aromatic rings. The molecule has 66 valence electrons. The van der Waals surface area contributed by atoms with Gasteiger partial charge in [0.15, 0.2) is 0 Å². The minimum absolute atomic E-state index is 0.534. The molecule has 0 aliphatic heterocycles. The lowest BCUT2D eigenvalue weighted by Gasteiger charge is -2.01. The molecule has 0 fully saturated rings. The quantitative estimate of drug-likeness (QED) is 0.500. The van der Waals surface area contributed by atoms with E-state index in [-0.39, 0.29) is 0 Å². The lowest BCUT2D eigenvalue weighted by atomic mass is 10.4. The van der Waals surface area contributed by atoms with Crippen LogP contribution in [0.3, 0.4) is 0 Å². The van der Waals surface area contributed by atoms with E-state index in [4.69, 9.17) is 5.11 Å². The Kier molecular flexibility index (Phi) is 6.82. The van der Waals surface area contributed by atoms with Gasteiger partial charge >= 0.3 is 6.09 Å². The van der Waals surface area contributed by atoms with Gasteiger partial charge in [0.2, 0.25) is 0 Å². The summed E-state index contributed by atoms with van der Waals surface area (Å²) in [5.74, 6) is 0. The van der Waals surface area contributed by atoms with E-state index in [1.165, 1.54) is 0 Å². The monoisotopic (exact) mass is 160 g/mol. The molecule has 0 heterocycles. The smallest absolute Gasteiger partial charge is 0.404 e. The van der Waals surface area contributed by atoms with Gasteiger partial charge in [-0.15, -0.1) is 0 Å². The fourth-order valence-electron chi connectivity index (χ4n) is 0.710. The van der Waals surface area contributed by atoms with Gasteiger partial charge in [-0.25, -0.2) is 4.79 Å². The van der Waals surface area contributed by atoms with E-state index in [0.29, 0.717) is 6.54 Å². The van der Waals surface area contributed by atoms with Gasteiger partial charge in [-0.05, 0) is 25.9 Å². The standard InChI is InChI=1S/C7H16N2O2/c1-2-4-8-5-3-6-9-7(10)11/h8-9H,2-6H2,1H3,(H,10,11). The van der Waals surface area contributed by atoms with E-state index in [2.05, 4.69) is 17.6 Å². The third-order valence-corrected chi connectivity index (χ3v) is 1.23. The highest BCUT2D eigenvalue weighted by atomic mass is 16.4. The molecule has 3 N–H and O–H groups in total. The Morgan fingerprint density at radius 2 is 2.09 bits per heavy atom. The number of amides is 1. The van der Waals surface area contributed by atoms with Crippen LogP contribution in [-0.4, -0.2) is 30.8 Å². The number of carbonyl (C=O) groups is 1. The molecule has 0 unspecified atom stereocenters. The molecule has 1 amide bonds. The van der Waals surface area contributed by atoms with Crippen molar-refractivity contribution >= 4 is 6.09 Å². The molecule has 0 aromatic heterocycles. The van der Waals surface area contributed by atoms with Gasteiger partial charge in [-0.3, -0.25) is 0 Å². The van der Waals surface area contributed by atoms with Crippen molar-refractivity contribution in [3.63, 3.8) is 0 Å². The molecule has 11 heavy (non-hydrogen) atoms. The second kappa shape index (κ2) is 7.34. The van der Waals surface area contributed by atoms with Crippen molar-refractivity contribution < 1.29 is 9.90 Å². The summed E-state index contributed by atoms with van der Waals surface area (Å²) in [6.07, 6.45) is 1.03. The van der Waals surface area contributed by atoms with Crippen molar-refractivity contribution in [3.05, 3.63) is 0 Å². The first kappa shape index (κ1) is 10.2. The van der Waals surface area contributed by atoms with Crippen molar-refractivity contribution in [3.8, 4) is 0 Å². The molecule has 0 saturated carbocycles. The molecule has 0 spiro atoms. The van der Waals surface area contributed by atoms with Crippen molar-refractivity contribution in [2.45, 2.75) is 19.8 Å². The normalized spacial score (nSPS) is 9.55. The summed E-state index contributed by atoms with van der Waals surface area (Å²) in [6.45, 7) is 4.52. The molecule has 0 rings (SSSR count). The average molecular weight is 160 g/mol. The molecule has 0 bridgehead atoms. The first-order valence-corrected chi connectivity index (χ1v) is 3.95. The molecule has 0 radical (unpaired) electrons.